The topological polar surface area (TPSA) is 23.4 Å². The summed E-state index contributed by atoms with van der Waals surface area (Å²) in [4.78, 5) is 0. The van der Waals surface area contributed by atoms with Crippen LogP contribution in [0, 0.1) is 0 Å². The Bertz CT molecular complexity index is 2610. The SMILES string of the molecule is c1ccc2c(c1)Oc1ccc3c4ccccc4n(-c4ccc(-c5ccc6c7ccccc7c7ccccc7c6c5)cc4)c3c1O2. The van der Waals surface area contributed by atoms with Crippen LogP contribution >= 0.6 is 0 Å². The molecule has 8 aromatic carbocycles. The Kier molecular flexibility index (Phi) is 5.00. The van der Waals surface area contributed by atoms with Crippen molar-refractivity contribution in [3.8, 4) is 39.8 Å². The van der Waals surface area contributed by atoms with E-state index in [4.69, 9.17) is 9.47 Å². The molecule has 3 nitrogen and oxygen atoms in total. The molecule has 0 saturated carbocycles. The first kappa shape index (κ1) is 24.4. The van der Waals surface area contributed by atoms with Crippen LogP contribution in [0.2, 0.25) is 0 Å². The molecule has 3 heteroatoms. The van der Waals surface area contributed by atoms with Crippen LogP contribution in [0.25, 0.3) is 70.9 Å². The van der Waals surface area contributed by atoms with Crippen molar-refractivity contribution in [3.63, 3.8) is 0 Å². The summed E-state index contributed by atoms with van der Waals surface area (Å²) in [5.41, 5.74) is 5.56. The van der Waals surface area contributed by atoms with Crippen molar-refractivity contribution in [2.75, 3.05) is 0 Å². The number of fused-ring (bicyclic) bond motifs is 12. The minimum Gasteiger partial charge on any atom is -0.449 e. The maximum atomic E-state index is 6.54. The molecule has 10 rings (SSSR count). The van der Waals surface area contributed by atoms with Crippen LogP contribution in [0.1, 0.15) is 0 Å². The molecule has 0 amide bonds. The van der Waals surface area contributed by atoms with Gasteiger partial charge in [-0.05, 0) is 92.0 Å². The van der Waals surface area contributed by atoms with E-state index in [9.17, 15) is 0 Å². The van der Waals surface area contributed by atoms with Crippen LogP contribution in [0.3, 0.4) is 0 Å². The predicted molar refractivity (Wildman–Crippen MR) is 185 cm³/mol. The fraction of sp³-hybridized carbons (Fsp3) is 0. The molecule has 0 unspecified atom stereocenters. The molecule has 9 aromatic rings. The van der Waals surface area contributed by atoms with Crippen LogP contribution in [-0.4, -0.2) is 4.57 Å². The first-order chi connectivity index (χ1) is 22.3. The first-order valence-electron chi connectivity index (χ1n) is 15.3. The molecule has 1 aliphatic heterocycles. The summed E-state index contributed by atoms with van der Waals surface area (Å²) in [6.07, 6.45) is 0. The predicted octanol–water partition coefficient (Wildman–Crippen LogP) is 11.8. The van der Waals surface area contributed by atoms with E-state index in [1.807, 2.05) is 30.3 Å². The summed E-state index contributed by atoms with van der Waals surface area (Å²) in [5, 5.41) is 10.0. The zero-order valence-corrected chi connectivity index (χ0v) is 24.2. The Labute approximate surface area is 259 Å². The van der Waals surface area contributed by atoms with E-state index in [0.717, 1.165) is 45.1 Å². The van der Waals surface area contributed by atoms with Crippen molar-refractivity contribution in [2.45, 2.75) is 0 Å². The summed E-state index contributed by atoms with van der Waals surface area (Å²) in [5.74, 6) is 2.91. The molecule has 45 heavy (non-hydrogen) atoms. The molecule has 0 aliphatic carbocycles. The Balaban J connectivity index is 1.15. The number of aromatic nitrogens is 1. The van der Waals surface area contributed by atoms with E-state index in [1.165, 1.54) is 48.8 Å². The van der Waals surface area contributed by atoms with E-state index in [1.54, 1.807) is 0 Å². The molecule has 210 valence electrons. The number of ether oxygens (including phenoxy) is 2. The lowest BCUT2D eigenvalue weighted by molar-refractivity contribution is 0.362. The highest BCUT2D eigenvalue weighted by Crippen LogP contribution is 2.50. The molecule has 0 atom stereocenters. The molecule has 1 aliphatic rings. The van der Waals surface area contributed by atoms with Gasteiger partial charge in [0.05, 0.1) is 5.52 Å². The zero-order valence-electron chi connectivity index (χ0n) is 24.2. The number of nitrogens with zero attached hydrogens (tertiary/aromatic N) is 1. The first-order valence-corrected chi connectivity index (χ1v) is 15.3. The van der Waals surface area contributed by atoms with Gasteiger partial charge in [-0.15, -0.1) is 0 Å². The van der Waals surface area contributed by atoms with Crippen LogP contribution < -0.4 is 9.47 Å². The third-order valence-electron chi connectivity index (χ3n) is 9.24. The fourth-order valence-electron chi connectivity index (χ4n) is 7.19. The smallest absolute Gasteiger partial charge is 0.194 e. The van der Waals surface area contributed by atoms with Crippen LogP contribution in [0.5, 0.6) is 23.0 Å². The summed E-state index contributed by atoms with van der Waals surface area (Å²) in [6, 6.07) is 53.7. The largest absolute Gasteiger partial charge is 0.449 e. The van der Waals surface area contributed by atoms with E-state index >= 15 is 0 Å². The highest BCUT2D eigenvalue weighted by Gasteiger charge is 2.25. The average molecular weight is 576 g/mol. The second-order valence-electron chi connectivity index (χ2n) is 11.7. The minimum absolute atomic E-state index is 0.720. The second-order valence-corrected chi connectivity index (χ2v) is 11.7. The number of benzene rings is 8. The normalized spacial score (nSPS) is 12.4. The van der Waals surface area contributed by atoms with Gasteiger partial charge in [-0.3, -0.25) is 0 Å². The Morgan fingerprint density at radius 2 is 0.889 bits per heavy atom. The molecule has 0 spiro atoms. The number of rotatable bonds is 2. The third kappa shape index (κ3) is 3.52. The van der Waals surface area contributed by atoms with Gasteiger partial charge in [0.25, 0.3) is 0 Å². The monoisotopic (exact) mass is 575 g/mol. The van der Waals surface area contributed by atoms with Crippen molar-refractivity contribution in [1.29, 1.82) is 0 Å². The van der Waals surface area contributed by atoms with Gasteiger partial charge in [0.2, 0.25) is 0 Å². The summed E-state index contributed by atoms with van der Waals surface area (Å²) >= 11 is 0. The van der Waals surface area contributed by atoms with Gasteiger partial charge in [-0.2, -0.15) is 0 Å². The van der Waals surface area contributed by atoms with Crippen LogP contribution in [0.4, 0.5) is 0 Å². The molecule has 0 bridgehead atoms. The minimum atomic E-state index is 0.720. The molecule has 0 saturated heterocycles. The van der Waals surface area contributed by atoms with E-state index < -0.39 is 0 Å². The highest BCUT2D eigenvalue weighted by molar-refractivity contribution is 6.25. The van der Waals surface area contributed by atoms with Gasteiger partial charge in [0.15, 0.2) is 23.0 Å². The number of para-hydroxylation sites is 3. The Morgan fingerprint density at radius 3 is 1.60 bits per heavy atom. The number of hydrogen-bond donors (Lipinski definition) is 0. The Morgan fingerprint density at radius 1 is 0.356 bits per heavy atom. The Hall–Kier alpha value is -6.06. The lowest BCUT2D eigenvalue weighted by atomic mass is 9.92. The molecule has 0 N–H and O–H groups in total. The van der Waals surface area contributed by atoms with E-state index in [-0.39, 0.29) is 0 Å². The molecular formula is C42H25NO2. The van der Waals surface area contributed by atoms with Crippen molar-refractivity contribution in [1.82, 2.24) is 4.57 Å². The fourth-order valence-corrected chi connectivity index (χ4v) is 7.19. The highest BCUT2D eigenvalue weighted by atomic mass is 16.6. The maximum absolute atomic E-state index is 6.54. The van der Waals surface area contributed by atoms with E-state index in [0.29, 0.717) is 0 Å². The van der Waals surface area contributed by atoms with Gasteiger partial charge in [-0.1, -0.05) is 103 Å². The zero-order chi connectivity index (χ0) is 29.5. The quantitative estimate of drug-likeness (QED) is 0.191. The van der Waals surface area contributed by atoms with Gasteiger partial charge < -0.3 is 14.0 Å². The van der Waals surface area contributed by atoms with Crippen molar-refractivity contribution >= 4 is 54.1 Å². The lowest BCUT2D eigenvalue weighted by Crippen LogP contribution is -2.02. The third-order valence-corrected chi connectivity index (χ3v) is 9.24. The van der Waals surface area contributed by atoms with Crippen molar-refractivity contribution < 1.29 is 9.47 Å². The maximum Gasteiger partial charge on any atom is 0.194 e. The van der Waals surface area contributed by atoms with E-state index in [2.05, 4.69) is 126 Å². The van der Waals surface area contributed by atoms with Crippen LogP contribution in [0.15, 0.2) is 152 Å². The van der Waals surface area contributed by atoms with Gasteiger partial charge in [0, 0.05) is 16.5 Å². The summed E-state index contributed by atoms with van der Waals surface area (Å²) < 4.78 is 15.1. The lowest BCUT2D eigenvalue weighted by Gasteiger charge is -2.22. The second kappa shape index (κ2) is 9.22. The standard InChI is InChI=1S/C42H25NO2/c1-2-11-31-29(9-1)30-10-3-4-12-32(30)36-25-27(19-22-33(31)36)26-17-20-28(21-18-26)43-37-14-6-5-13-34(37)35-23-24-40-42(41(35)43)45-39-16-8-7-15-38(39)44-40/h1-25H. The van der Waals surface area contributed by atoms with Crippen molar-refractivity contribution in [2.24, 2.45) is 0 Å². The average Bonchev–Trinajstić information content (AvgIpc) is 3.46. The molecular weight excluding hydrogens is 550 g/mol. The number of hydrogen-bond acceptors (Lipinski definition) is 2. The van der Waals surface area contributed by atoms with Crippen LogP contribution in [-0.2, 0) is 0 Å². The van der Waals surface area contributed by atoms with Gasteiger partial charge in [0.1, 0.15) is 5.52 Å². The van der Waals surface area contributed by atoms with Crippen molar-refractivity contribution in [3.05, 3.63) is 152 Å². The molecule has 2 heterocycles. The molecule has 1 aromatic heterocycles. The molecule has 0 fully saturated rings. The van der Waals surface area contributed by atoms with Gasteiger partial charge in [-0.25, -0.2) is 0 Å². The van der Waals surface area contributed by atoms with Gasteiger partial charge >= 0.3 is 0 Å². The molecule has 0 radical (unpaired) electrons. The summed E-state index contributed by atoms with van der Waals surface area (Å²) in [6.45, 7) is 0. The summed E-state index contributed by atoms with van der Waals surface area (Å²) in [7, 11) is 0.